The van der Waals surface area contributed by atoms with Gasteiger partial charge >= 0.3 is 5.97 Å². The highest BCUT2D eigenvalue weighted by Crippen LogP contribution is 1.93. The zero-order valence-corrected chi connectivity index (χ0v) is 8.99. The highest BCUT2D eigenvalue weighted by Gasteiger charge is 2.06. The first-order valence-electron chi connectivity index (χ1n) is 4.63. The van der Waals surface area contributed by atoms with Gasteiger partial charge in [-0.15, -0.1) is 6.58 Å². The minimum Gasteiger partial charge on any atom is -0.469 e. The predicted octanol–water partition coefficient (Wildman–Crippen LogP) is 0.684. The molecule has 0 N–H and O–H groups in total. The summed E-state index contributed by atoms with van der Waals surface area (Å²) in [6, 6.07) is 0. The van der Waals surface area contributed by atoms with Crippen LogP contribution < -0.4 is 0 Å². The lowest BCUT2D eigenvalue weighted by atomic mass is 10.3. The van der Waals surface area contributed by atoms with Crippen LogP contribution in [0, 0.1) is 0 Å². The normalized spacial score (nSPS) is 10.2. The molecule has 0 saturated carbocycles. The summed E-state index contributed by atoms with van der Waals surface area (Å²) in [6.07, 6.45) is 2.22. The van der Waals surface area contributed by atoms with Gasteiger partial charge in [0.15, 0.2) is 0 Å². The minimum atomic E-state index is -0.184. The van der Waals surface area contributed by atoms with E-state index in [-0.39, 0.29) is 5.97 Å². The van der Waals surface area contributed by atoms with Crippen LogP contribution in [-0.2, 0) is 14.3 Å². The molecule has 0 fully saturated rings. The lowest BCUT2D eigenvalue weighted by Gasteiger charge is -2.19. The molecule has 0 rings (SSSR count). The first kappa shape index (κ1) is 13.1. The standard InChI is InChI=1S/C10H19NO3/c1-4-6-11(8-9-13-2)7-5-10(12)14-3/h4H,1,5-9H2,2-3H3. The maximum absolute atomic E-state index is 10.9. The van der Waals surface area contributed by atoms with Gasteiger partial charge in [-0.1, -0.05) is 6.08 Å². The van der Waals surface area contributed by atoms with Gasteiger partial charge in [0.2, 0.25) is 0 Å². The van der Waals surface area contributed by atoms with Crippen LogP contribution in [0.5, 0.6) is 0 Å². The quantitative estimate of drug-likeness (QED) is 0.428. The number of nitrogens with zero attached hydrogens (tertiary/aromatic N) is 1. The molecule has 0 amide bonds. The van der Waals surface area contributed by atoms with Gasteiger partial charge in [-0.3, -0.25) is 9.69 Å². The van der Waals surface area contributed by atoms with Crippen LogP contribution >= 0.6 is 0 Å². The Morgan fingerprint density at radius 3 is 2.64 bits per heavy atom. The fraction of sp³-hybridized carbons (Fsp3) is 0.700. The molecule has 0 bridgehead atoms. The number of ether oxygens (including phenoxy) is 2. The van der Waals surface area contributed by atoms with Gasteiger partial charge in [0.05, 0.1) is 20.1 Å². The molecule has 4 nitrogen and oxygen atoms in total. The van der Waals surface area contributed by atoms with E-state index in [2.05, 4.69) is 16.2 Å². The van der Waals surface area contributed by atoms with Crippen molar-refractivity contribution in [2.24, 2.45) is 0 Å². The average Bonchev–Trinajstić information content (AvgIpc) is 2.21. The summed E-state index contributed by atoms with van der Waals surface area (Å²) in [5.41, 5.74) is 0. The molecular formula is C10H19NO3. The Morgan fingerprint density at radius 1 is 1.43 bits per heavy atom. The number of esters is 1. The van der Waals surface area contributed by atoms with Crippen LogP contribution in [0.15, 0.2) is 12.7 Å². The van der Waals surface area contributed by atoms with Crippen molar-refractivity contribution in [1.29, 1.82) is 0 Å². The van der Waals surface area contributed by atoms with E-state index in [4.69, 9.17) is 4.74 Å². The third kappa shape index (κ3) is 6.62. The molecule has 0 saturated heterocycles. The van der Waals surface area contributed by atoms with E-state index in [9.17, 15) is 4.79 Å². The van der Waals surface area contributed by atoms with Crippen LogP contribution in [0.3, 0.4) is 0 Å². The highest BCUT2D eigenvalue weighted by molar-refractivity contribution is 5.69. The Morgan fingerprint density at radius 2 is 2.14 bits per heavy atom. The van der Waals surface area contributed by atoms with Gasteiger partial charge in [0.1, 0.15) is 0 Å². The molecular weight excluding hydrogens is 182 g/mol. The Labute approximate surface area is 85.5 Å². The van der Waals surface area contributed by atoms with Crippen molar-refractivity contribution in [3.05, 3.63) is 12.7 Å². The first-order valence-corrected chi connectivity index (χ1v) is 4.63. The summed E-state index contributed by atoms with van der Waals surface area (Å²) >= 11 is 0. The second kappa shape index (κ2) is 8.72. The average molecular weight is 201 g/mol. The van der Waals surface area contributed by atoms with Crippen LogP contribution in [0.1, 0.15) is 6.42 Å². The summed E-state index contributed by atoms with van der Waals surface area (Å²) in [6.45, 7) is 6.57. The van der Waals surface area contributed by atoms with Gasteiger partial charge < -0.3 is 9.47 Å². The molecule has 0 heterocycles. The SMILES string of the molecule is C=CCN(CCOC)CCC(=O)OC. The van der Waals surface area contributed by atoms with Gasteiger partial charge in [-0.2, -0.15) is 0 Å². The van der Waals surface area contributed by atoms with Crippen molar-refractivity contribution in [3.8, 4) is 0 Å². The molecule has 0 radical (unpaired) electrons. The van der Waals surface area contributed by atoms with Gasteiger partial charge in [-0.25, -0.2) is 0 Å². The van der Waals surface area contributed by atoms with E-state index in [0.29, 0.717) is 19.6 Å². The van der Waals surface area contributed by atoms with Crippen molar-refractivity contribution in [2.75, 3.05) is 40.5 Å². The number of carbonyl (C=O) groups is 1. The Hall–Kier alpha value is -0.870. The summed E-state index contributed by atoms with van der Waals surface area (Å²) in [5.74, 6) is -0.184. The lowest BCUT2D eigenvalue weighted by molar-refractivity contribution is -0.141. The zero-order valence-electron chi connectivity index (χ0n) is 8.99. The van der Waals surface area contributed by atoms with Crippen molar-refractivity contribution < 1.29 is 14.3 Å². The topological polar surface area (TPSA) is 38.8 Å². The molecule has 0 atom stereocenters. The second-order valence-corrected chi connectivity index (χ2v) is 2.91. The number of carbonyl (C=O) groups excluding carboxylic acids is 1. The molecule has 0 aromatic carbocycles. The van der Waals surface area contributed by atoms with E-state index in [0.717, 1.165) is 13.1 Å². The first-order chi connectivity index (χ1) is 6.74. The van der Waals surface area contributed by atoms with Crippen molar-refractivity contribution in [3.63, 3.8) is 0 Å². The Kier molecular flexibility index (Phi) is 8.17. The third-order valence-electron chi connectivity index (χ3n) is 1.86. The van der Waals surface area contributed by atoms with Gasteiger partial charge in [0.25, 0.3) is 0 Å². The largest absolute Gasteiger partial charge is 0.469 e. The van der Waals surface area contributed by atoms with Crippen LogP contribution in [-0.4, -0.2) is 51.3 Å². The third-order valence-corrected chi connectivity index (χ3v) is 1.86. The van der Waals surface area contributed by atoms with Crippen molar-refractivity contribution in [2.45, 2.75) is 6.42 Å². The summed E-state index contributed by atoms with van der Waals surface area (Å²) in [4.78, 5) is 13.0. The maximum Gasteiger partial charge on any atom is 0.306 e. The lowest BCUT2D eigenvalue weighted by Crippen LogP contribution is -2.30. The molecule has 0 aliphatic heterocycles. The van der Waals surface area contributed by atoms with Crippen LogP contribution in [0.25, 0.3) is 0 Å². The fourth-order valence-electron chi connectivity index (χ4n) is 1.05. The Bertz CT molecular complexity index is 171. The van der Waals surface area contributed by atoms with Crippen LogP contribution in [0.4, 0.5) is 0 Å². The Balaban J connectivity index is 3.71. The molecule has 0 aliphatic carbocycles. The van der Waals surface area contributed by atoms with E-state index >= 15 is 0 Å². The fourth-order valence-corrected chi connectivity index (χ4v) is 1.05. The number of hydrogen-bond donors (Lipinski definition) is 0. The predicted molar refractivity (Wildman–Crippen MR) is 55.1 cm³/mol. The van der Waals surface area contributed by atoms with E-state index < -0.39 is 0 Å². The smallest absolute Gasteiger partial charge is 0.306 e. The maximum atomic E-state index is 10.9. The molecule has 14 heavy (non-hydrogen) atoms. The summed E-state index contributed by atoms with van der Waals surface area (Å²) < 4.78 is 9.52. The zero-order chi connectivity index (χ0) is 10.8. The number of hydrogen-bond acceptors (Lipinski definition) is 4. The molecule has 0 unspecified atom stereocenters. The van der Waals surface area contributed by atoms with E-state index in [1.54, 1.807) is 7.11 Å². The van der Waals surface area contributed by atoms with Crippen LogP contribution in [0.2, 0.25) is 0 Å². The molecule has 0 aliphatic rings. The van der Waals surface area contributed by atoms with Crippen molar-refractivity contribution in [1.82, 2.24) is 4.90 Å². The molecule has 0 aromatic heterocycles. The number of rotatable bonds is 8. The van der Waals surface area contributed by atoms with Gasteiger partial charge in [-0.05, 0) is 0 Å². The summed E-state index contributed by atoms with van der Waals surface area (Å²) in [5, 5.41) is 0. The van der Waals surface area contributed by atoms with E-state index in [1.165, 1.54) is 7.11 Å². The minimum absolute atomic E-state index is 0.184. The summed E-state index contributed by atoms with van der Waals surface area (Å²) in [7, 11) is 3.06. The molecule has 4 heteroatoms. The van der Waals surface area contributed by atoms with Crippen molar-refractivity contribution >= 4 is 5.97 Å². The monoisotopic (exact) mass is 201 g/mol. The molecule has 0 spiro atoms. The highest BCUT2D eigenvalue weighted by atomic mass is 16.5. The molecule has 82 valence electrons. The second-order valence-electron chi connectivity index (χ2n) is 2.91. The van der Waals surface area contributed by atoms with Gasteiger partial charge in [0, 0.05) is 26.7 Å². The number of methoxy groups -OCH3 is 2. The van der Waals surface area contributed by atoms with E-state index in [1.807, 2.05) is 6.08 Å². The molecule has 0 aromatic rings.